The van der Waals surface area contributed by atoms with Gasteiger partial charge in [-0.2, -0.15) is 0 Å². The van der Waals surface area contributed by atoms with Gasteiger partial charge in [-0.1, -0.05) is 0 Å². The van der Waals surface area contributed by atoms with Gasteiger partial charge in [0.25, 0.3) is 0 Å². The summed E-state index contributed by atoms with van der Waals surface area (Å²) in [5, 5.41) is 0. The van der Waals surface area contributed by atoms with Gasteiger partial charge in [-0.25, -0.2) is 0 Å². The first-order valence-corrected chi connectivity index (χ1v) is 3.50. The number of hydrogen-bond acceptors (Lipinski definition) is 2. The summed E-state index contributed by atoms with van der Waals surface area (Å²) < 4.78 is 17.4. The van der Waals surface area contributed by atoms with Crippen LogP contribution in [0.25, 0.3) is 0 Å². The van der Waals surface area contributed by atoms with Gasteiger partial charge in [0.15, 0.2) is 0 Å². The third-order valence-corrected chi connectivity index (χ3v) is 0. The molecule has 0 aliphatic rings. The van der Waals surface area contributed by atoms with Crippen molar-refractivity contribution in [1.82, 2.24) is 0 Å². The molecule has 50 valence electrons. The second-order valence-corrected chi connectivity index (χ2v) is 1.52. The maximum Gasteiger partial charge on any atom is 0.692 e. The Morgan fingerprint density at radius 3 is 0.700 bits per heavy atom. The van der Waals surface area contributed by atoms with Crippen molar-refractivity contribution in [2.24, 2.45) is 0 Å². The Bertz CT molecular complexity index is 71.7. The molecule has 0 aliphatic heterocycles. The standard InChI is InChI=1S/2Na.2HO3P/c;;2*1-4(2)3/h;;2*(H-,1,2,3)/p+2. The van der Waals surface area contributed by atoms with Gasteiger partial charge in [0.05, 0.1) is 0 Å². The van der Waals surface area contributed by atoms with Crippen molar-refractivity contribution in [2.75, 3.05) is 0 Å². The van der Waals surface area contributed by atoms with Crippen LogP contribution in [0.5, 0.6) is 0 Å². The topological polar surface area (TPSA) is 115 Å². The zero-order chi connectivity index (χ0) is 7.15. The second kappa shape index (κ2) is 17.2. The summed E-state index contributed by atoms with van der Waals surface area (Å²) in [6.45, 7) is 0. The summed E-state index contributed by atoms with van der Waals surface area (Å²) in [5.41, 5.74) is 0. The molecule has 2 radical (unpaired) electrons. The molecule has 0 amide bonds. The van der Waals surface area contributed by atoms with Gasteiger partial charge in [-0.15, -0.1) is 19.6 Å². The Morgan fingerprint density at radius 1 is 0.700 bits per heavy atom. The molecule has 0 spiro atoms. The molecule has 0 saturated heterocycles. The van der Waals surface area contributed by atoms with Crippen LogP contribution in [0.2, 0.25) is 0 Å². The van der Waals surface area contributed by atoms with E-state index >= 15 is 0 Å². The van der Waals surface area contributed by atoms with Gasteiger partial charge >= 0.3 is 16.5 Å². The van der Waals surface area contributed by atoms with Crippen molar-refractivity contribution < 1.29 is 28.7 Å². The van der Waals surface area contributed by atoms with Crippen molar-refractivity contribution in [3.8, 4) is 0 Å². The van der Waals surface area contributed by atoms with Gasteiger partial charge in [0.2, 0.25) is 0 Å². The Hall–Kier alpha value is 2.04. The molecule has 0 aromatic rings. The van der Waals surface area contributed by atoms with E-state index in [-0.39, 0.29) is 59.1 Å². The normalized spacial score (nSPS) is 5.20. The molecule has 0 unspecified atom stereocenters. The minimum absolute atomic E-state index is 0. The van der Waals surface area contributed by atoms with Crippen molar-refractivity contribution in [2.45, 2.75) is 0 Å². The predicted octanol–water partition coefficient (Wildman–Crippen LogP) is -1.50. The molecule has 10 heavy (non-hydrogen) atoms. The van der Waals surface area contributed by atoms with E-state index in [0.29, 0.717) is 0 Å². The van der Waals surface area contributed by atoms with Crippen LogP contribution in [0.15, 0.2) is 0 Å². The molecule has 0 rings (SSSR count). The van der Waals surface area contributed by atoms with Crippen LogP contribution in [0.1, 0.15) is 0 Å². The van der Waals surface area contributed by atoms with Crippen LogP contribution in [-0.4, -0.2) is 78.7 Å². The van der Waals surface area contributed by atoms with E-state index < -0.39 is 16.5 Å². The van der Waals surface area contributed by atoms with Crippen molar-refractivity contribution in [3.63, 3.8) is 0 Å². The summed E-state index contributed by atoms with van der Waals surface area (Å²) in [6.07, 6.45) is 0. The van der Waals surface area contributed by atoms with Crippen LogP contribution in [0, 0.1) is 0 Å². The van der Waals surface area contributed by atoms with E-state index in [1.165, 1.54) is 0 Å². The molecule has 0 aliphatic carbocycles. The Balaban J connectivity index is -0.0000000300. The maximum absolute atomic E-state index is 8.70. The Labute approximate surface area is 103 Å². The largest absolute Gasteiger partial charge is 0.692 e. The minimum atomic E-state index is -2.87. The van der Waals surface area contributed by atoms with E-state index in [9.17, 15) is 0 Å². The number of hydrogen-bond donors (Lipinski definition) is 4. The third kappa shape index (κ3) is 197. The van der Waals surface area contributed by atoms with Gasteiger partial charge in [0.1, 0.15) is 0 Å². The first-order valence-electron chi connectivity index (χ1n) is 1.17. The van der Waals surface area contributed by atoms with E-state index in [4.69, 9.17) is 28.7 Å². The quantitative estimate of drug-likeness (QED) is 0.284. The molecule has 10 heteroatoms. The van der Waals surface area contributed by atoms with Crippen molar-refractivity contribution >= 4 is 75.6 Å². The molecular weight excluding hydrogens is 204 g/mol. The molecule has 0 heterocycles. The fourth-order valence-electron chi connectivity index (χ4n) is 0. The molecule has 0 aromatic heterocycles. The van der Waals surface area contributed by atoms with E-state index in [1.807, 2.05) is 0 Å². The summed E-state index contributed by atoms with van der Waals surface area (Å²) in [4.78, 5) is 28.5. The predicted molar refractivity (Wildman–Crippen MR) is 35.6 cm³/mol. The number of rotatable bonds is 0. The zero-order valence-corrected chi connectivity index (χ0v) is 11.3. The van der Waals surface area contributed by atoms with Crippen LogP contribution < -0.4 is 0 Å². The summed E-state index contributed by atoms with van der Waals surface area (Å²) in [5.74, 6) is 0. The molecular formula is H4Na2O6P2+2. The van der Waals surface area contributed by atoms with Crippen LogP contribution >= 0.6 is 16.5 Å². The fraction of sp³-hybridized carbons (Fsp3) is 0. The van der Waals surface area contributed by atoms with Crippen molar-refractivity contribution in [3.05, 3.63) is 0 Å². The minimum Gasteiger partial charge on any atom is -0.134 e. The zero-order valence-electron chi connectivity index (χ0n) is 5.50. The molecule has 0 fully saturated rings. The average Bonchev–Trinajstić information content (AvgIpc) is 1.25. The van der Waals surface area contributed by atoms with Crippen LogP contribution in [0.4, 0.5) is 0 Å². The van der Waals surface area contributed by atoms with Gasteiger partial charge in [-0.3, -0.25) is 0 Å². The summed E-state index contributed by atoms with van der Waals surface area (Å²) in [6, 6.07) is 0. The first-order chi connectivity index (χ1) is 3.46. The fourth-order valence-corrected chi connectivity index (χ4v) is 0. The summed E-state index contributed by atoms with van der Waals surface area (Å²) in [7, 11) is -5.74. The van der Waals surface area contributed by atoms with Gasteiger partial charge < -0.3 is 0 Å². The summed E-state index contributed by atoms with van der Waals surface area (Å²) >= 11 is 0. The van der Waals surface area contributed by atoms with Crippen LogP contribution in [0.3, 0.4) is 0 Å². The maximum atomic E-state index is 8.70. The monoisotopic (exact) mass is 208 g/mol. The van der Waals surface area contributed by atoms with Gasteiger partial charge in [0, 0.05) is 68.2 Å². The molecule has 4 N–H and O–H groups in total. The van der Waals surface area contributed by atoms with E-state index in [1.54, 1.807) is 0 Å². The molecule has 0 bridgehead atoms. The smallest absolute Gasteiger partial charge is 0.134 e. The van der Waals surface area contributed by atoms with Crippen molar-refractivity contribution in [1.29, 1.82) is 0 Å². The molecule has 6 nitrogen and oxygen atoms in total. The third-order valence-electron chi connectivity index (χ3n) is 0. The van der Waals surface area contributed by atoms with Crippen LogP contribution in [-0.2, 0) is 9.13 Å². The first kappa shape index (κ1) is 22.7. The molecule has 0 saturated carbocycles. The Morgan fingerprint density at radius 2 is 0.700 bits per heavy atom. The Kier molecular flexibility index (Phi) is 39.1. The second-order valence-electron chi connectivity index (χ2n) is 0.505. The van der Waals surface area contributed by atoms with E-state index in [0.717, 1.165) is 0 Å². The average molecular weight is 208 g/mol. The van der Waals surface area contributed by atoms with Gasteiger partial charge in [-0.05, 0) is 0 Å². The van der Waals surface area contributed by atoms with E-state index in [2.05, 4.69) is 0 Å². The SMILES string of the molecule is O=[P+](O)O.O=[P+](O)O.[Na].[Na]. The molecule has 0 aromatic carbocycles. The molecule has 0 atom stereocenters.